The van der Waals surface area contributed by atoms with E-state index >= 15 is 0 Å². The molecule has 2 heteroatoms. The summed E-state index contributed by atoms with van der Waals surface area (Å²) >= 11 is 0. The van der Waals surface area contributed by atoms with Crippen molar-refractivity contribution in [3.05, 3.63) is 84.6 Å². The number of hydrogen-bond acceptors (Lipinski definition) is 2. The van der Waals surface area contributed by atoms with Gasteiger partial charge in [0, 0.05) is 17.8 Å². The minimum atomic E-state index is 0.156. The second-order valence-corrected chi connectivity index (χ2v) is 5.74. The minimum absolute atomic E-state index is 0.156. The number of allylic oxidation sites excluding steroid dienone is 2. The van der Waals surface area contributed by atoms with Gasteiger partial charge in [-0.3, -0.25) is 4.79 Å². The smallest absolute Gasteiger partial charge is 0.182 e. The highest BCUT2D eigenvalue weighted by atomic mass is 16.1. The molecule has 0 saturated carbocycles. The van der Waals surface area contributed by atoms with Crippen LogP contribution in [0.4, 0.5) is 0 Å². The molecule has 0 spiro atoms. The Kier molecular flexibility index (Phi) is 4.72. The van der Waals surface area contributed by atoms with E-state index in [2.05, 4.69) is 30.0 Å². The summed E-state index contributed by atoms with van der Waals surface area (Å²) in [5.41, 5.74) is 3.07. The number of Topliss-reactive ketones (excluding diaryl/α,β-unsaturated/α-hetero) is 1. The largest absolute Gasteiger partial charge is 0.363 e. The Morgan fingerprint density at radius 2 is 1.65 bits per heavy atom. The lowest BCUT2D eigenvalue weighted by molar-refractivity contribution is 0.0943. The van der Waals surface area contributed by atoms with Crippen LogP contribution in [0.3, 0.4) is 0 Å². The average Bonchev–Trinajstić information content (AvgIpc) is 2.63. The van der Waals surface area contributed by atoms with Crippen molar-refractivity contribution in [3.63, 3.8) is 0 Å². The van der Waals surface area contributed by atoms with E-state index in [1.54, 1.807) is 0 Å². The van der Waals surface area contributed by atoms with Gasteiger partial charge in [0.25, 0.3) is 0 Å². The normalized spacial score (nSPS) is 16.6. The Morgan fingerprint density at radius 1 is 0.957 bits per heavy atom. The number of rotatable bonds is 5. The molecule has 0 amide bonds. The van der Waals surface area contributed by atoms with E-state index in [0.717, 1.165) is 17.5 Å². The van der Waals surface area contributed by atoms with Crippen LogP contribution in [-0.2, 0) is 0 Å². The second kappa shape index (κ2) is 7.10. The predicted octanol–water partition coefficient (Wildman–Crippen LogP) is 4.70. The van der Waals surface area contributed by atoms with Crippen LogP contribution in [0.1, 0.15) is 23.7 Å². The first-order valence-corrected chi connectivity index (χ1v) is 8.07. The second-order valence-electron chi connectivity index (χ2n) is 5.74. The van der Waals surface area contributed by atoms with E-state index in [1.165, 1.54) is 5.56 Å². The maximum absolute atomic E-state index is 12.5. The summed E-state index contributed by atoms with van der Waals surface area (Å²) in [5.74, 6) is 0.156. The van der Waals surface area contributed by atoms with E-state index in [-0.39, 0.29) is 5.78 Å². The molecule has 0 fully saturated rings. The standard InChI is InChI=1S/C21H21NO/c1-2-20-10-6-7-15-22(20)16-21(23)19-13-11-18(12-14-19)17-8-4-3-5-9-17/h3-15,20H,2,16H2,1H3. The number of carbonyl (C=O) groups is 1. The highest BCUT2D eigenvalue weighted by molar-refractivity contribution is 5.98. The van der Waals surface area contributed by atoms with Crippen LogP contribution in [0.15, 0.2) is 79.0 Å². The number of nitrogens with zero attached hydrogens (tertiary/aromatic N) is 1. The molecule has 116 valence electrons. The summed E-state index contributed by atoms with van der Waals surface area (Å²) in [6, 6.07) is 18.4. The molecule has 0 aliphatic carbocycles. The average molecular weight is 303 g/mol. The van der Waals surface area contributed by atoms with Gasteiger partial charge in [0.05, 0.1) is 6.54 Å². The third-order valence-corrected chi connectivity index (χ3v) is 4.21. The topological polar surface area (TPSA) is 20.3 Å². The Hall–Kier alpha value is -2.61. The number of ketones is 1. The van der Waals surface area contributed by atoms with Crippen LogP contribution in [0, 0.1) is 0 Å². The molecule has 0 aromatic heterocycles. The van der Waals surface area contributed by atoms with E-state index in [1.807, 2.05) is 60.8 Å². The SMILES string of the molecule is CCC1C=CC=CN1CC(=O)c1ccc(-c2ccccc2)cc1. The molecule has 1 heterocycles. The molecule has 1 unspecified atom stereocenters. The Bertz CT molecular complexity index is 713. The van der Waals surface area contributed by atoms with Crippen LogP contribution in [0.2, 0.25) is 0 Å². The van der Waals surface area contributed by atoms with Gasteiger partial charge >= 0.3 is 0 Å². The van der Waals surface area contributed by atoms with Crippen molar-refractivity contribution >= 4 is 5.78 Å². The predicted molar refractivity (Wildman–Crippen MR) is 95.3 cm³/mol. The first kappa shape index (κ1) is 15.3. The van der Waals surface area contributed by atoms with Crippen LogP contribution in [0.5, 0.6) is 0 Å². The number of benzene rings is 2. The summed E-state index contributed by atoms with van der Waals surface area (Å²) in [4.78, 5) is 14.6. The van der Waals surface area contributed by atoms with Gasteiger partial charge in [-0.2, -0.15) is 0 Å². The van der Waals surface area contributed by atoms with Gasteiger partial charge in [-0.25, -0.2) is 0 Å². The van der Waals surface area contributed by atoms with Gasteiger partial charge in [-0.1, -0.05) is 73.7 Å². The van der Waals surface area contributed by atoms with Gasteiger partial charge in [0.2, 0.25) is 0 Å². The zero-order valence-electron chi connectivity index (χ0n) is 13.4. The Balaban J connectivity index is 1.71. The first-order chi connectivity index (χ1) is 11.3. The lowest BCUT2D eigenvalue weighted by Gasteiger charge is -2.28. The third-order valence-electron chi connectivity index (χ3n) is 4.21. The molecule has 1 aliphatic heterocycles. The van der Waals surface area contributed by atoms with Crippen molar-refractivity contribution in [2.45, 2.75) is 19.4 Å². The van der Waals surface area contributed by atoms with Gasteiger partial charge in [-0.05, 0) is 23.6 Å². The summed E-state index contributed by atoms with van der Waals surface area (Å²) < 4.78 is 0. The summed E-state index contributed by atoms with van der Waals surface area (Å²) in [6.07, 6.45) is 9.18. The van der Waals surface area contributed by atoms with Gasteiger partial charge < -0.3 is 4.90 Å². The quantitative estimate of drug-likeness (QED) is 0.746. The molecular weight excluding hydrogens is 282 g/mol. The molecular formula is C21H21NO. The van der Waals surface area contributed by atoms with Crippen LogP contribution in [0.25, 0.3) is 11.1 Å². The number of carbonyl (C=O) groups excluding carboxylic acids is 1. The molecule has 1 atom stereocenters. The molecule has 0 saturated heterocycles. The van der Waals surface area contributed by atoms with Crippen LogP contribution >= 0.6 is 0 Å². The zero-order chi connectivity index (χ0) is 16.1. The van der Waals surface area contributed by atoms with E-state index in [9.17, 15) is 4.79 Å². The highest BCUT2D eigenvalue weighted by Crippen LogP contribution is 2.20. The van der Waals surface area contributed by atoms with Gasteiger partial charge in [0.15, 0.2) is 5.78 Å². The summed E-state index contributed by atoms with van der Waals surface area (Å²) in [7, 11) is 0. The van der Waals surface area contributed by atoms with E-state index in [0.29, 0.717) is 12.6 Å². The monoisotopic (exact) mass is 303 g/mol. The van der Waals surface area contributed by atoms with Crippen molar-refractivity contribution in [3.8, 4) is 11.1 Å². The molecule has 2 nitrogen and oxygen atoms in total. The van der Waals surface area contributed by atoms with Crippen molar-refractivity contribution in [1.29, 1.82) is 0 Å². The maximum Gasteiger partial charge on any atom is 0.182 e. The van der Waals surface area contributed by atoms with E-state index < -0.39 is 0 Å². The summed E-state index contributed by atoms with van der Waals surface area (Å²) in [6.45, 7) is 2.56. The van der Waals surface area contributed by atoms with Crippen molar-refractivity contribution < 1.29 is 4.79 Å². The highest BCUT2D eigenvalue weighted by Gasteiger charge is 2.16. The van der Waals surface area contributed by atoms with Crippen molar-refractivity contribution in [2.75, 3.05) is 6.54 Å². The lowest BCUT2D eigenvalue weighted by Crippen LogP contribution is -2.34. The zero-order valence-corrected chi connectivity index (χ0v) is 13.4. The fourth-order valence-corrected chi connectivity index (χ4v) is 2.85. The molecule has 0 bridgehead atoms. The molecule has 2 aromatic carbocycles. The van der Waals surface area contributed by atoms with Gasteiger partial charge in [-0.15, -0.1) is 0 Å². The molecule has 0 N–H and O–H groups in total. The van der Waals surface area contributed by atoms with Crippen LogP contribution < -0.4 is 0 Å². The Labute approximate surface area is 137 Å². The molecule has 23 heavy (non-hydrogen) atoms. The summed E-state index contributed by atoms with van der Waals surface area (Å²) in [5, 5.41) is 0. The van der Waals surface area contributed by atoms with Crippen molar-refractivity contribution in [2.24, 2.45) is 0 Å². The lowest BCUT2D eigenvalue weighted by atomic mass is 10.0. The molecule has 3 rings (SSSR count). The van der Waals surface area contributed by atoms with Crippen molar-refractivity contribution in [1.82, 2.24) is 4.90 Å². The molecule has 2 aromatic rings. The third kappa shape index (κ3) is 3.59. The van der Waals surface area contributed by atoms with Gasteiger partial charge in [0.1, 0.15) is 0 Å². The fourth-order valence-electron chi connectivity index (χ4n) is 2.85. The maximum atomic E-state index is 12.5. The molecule has 0 radical (unpaired) electrons. The minimum Gasteiger partial charge on any atom is -0.363 e. The van der Waals surface area contributed by atoms with Crippen LogP contribution in [-0.4, -0.2) is 23.3 Å². The number of hydrogen-bond donors (Lipinski definition) is 0. The first-order valence-electron chi connectivity index (χ1n) is 8.07. The van der Waals surface area contributed by atoms with E-state index in [4.69, 9.17) is 0 Å². The Morgan fingerprint density at radius 3 is 2.35 bits per heavy atom. The fraction of sp³-hybridized carbons (Fsp3) is 0.190. The molecule has 1 aliphatic rings.